The number of aromatic nitrogens is 3. The second-order valence-corrected chi connectivity index (χ2v) is 4.33. The third kappa shape index (κ3) is 2.81. The fraction of sp³-hybridized carbons (Fsp3) is 0.250. The molecule has 0 amide bonds. The zero-order valence-electron chi connectivity index (χ0n) is 11.1. The number of rotatable bonds is 5. The number of nitro benzene ring substituents is 1. The minimum Gasteiger partial charge on any atom is -0.424 e. The van der Waals surface area contributed by atoms with E-state index < -0.39 is 4.92 Å². The van der Waals surface area contributed by atoms with Crippen LogP contribution in [0, 0.1) is 17.0 Å². The van der Waals surface area contributed by atoms with Crippen molar-refractivity contribution in [2.45, 2.75) is 13.3 Å². The Balaban J connectivity index is 1.68. The highest BCUT2D eigenvalue weighted by atomic mass is 16.6. The third-order valence-corrected chi connectivity index (χ3v) is 2.78. The first-order valence-corrected chi connectivity index (χ1v) is 6.20. The summed E-state index contributed by atoms with van der Waals surface area (Å²) in [7, 11) is 0. The van der Waals surface area contributed by atoms with Crippen LogP contribution < -0.4 is 5.32 Å². The zero-order chi connectivity index (χ0) is 14.8. The SMILES string of the molecule is Cc1nc(CCNc2nc3cc([N+](=O)[O-])ccc3o2)no1. The van der Waals surface area contributed by atoms with Gasteiger partial charge in [-0.2, -0.15) is 9.97 Å². The molecule has 9 heteroatoms. The molecule has 2 aromatic heterocycles. The Kier molecular flexibility index (Phi) is 3.22. The van der Waals surface area contributed by atoms with Crippen molar-refractivity contribution in [2.24, 2.45) is 0 Å². The number of aryl methyl sites for hydroxylation is 1. The van der Waals surface area contributed by atoms with E-state index in [4.69, 9.17) is 8.94 Å². The first kappa shape index (κ1) is 13.0. The minimum absolute atomic E-state index is 0.0235. The van der Waals surface area contributed by atoms with Gasteiger partial charge in [0.25, 0.3) is 11.7 Å². The lowest BCUT2D eigenvalue weighted by atomic mass is 10.3. The number of anilines is 1. The number of hydrogen-bond donors (Lipinski definition) is 1. The quantitative estimate of drug-likeness (QED) is 0.559. The molecule has 0 aliphatic heterocycles. The molecule has 0 saturated heterocycles. The molecule has 9 nitrogen and oxygen atoms in total. The maximum atomic E-state index is 10.7. The minimum atomic E-state index is -0.472. The van der Waals surface area contributed by atoms with E-state index in [1.54, 1.807) is 6.92 Å². The summed E-state index contributed by atoms with van der Waals surface area (Å²) in [6.45, 7) is 2.23. The van der Waals surface area contributed by atoms with Crippen LogP contribution in [0.5, 0.6) is 0 Å². The molecule has 0 fully saturated rings. The lowest BCUT2D eigenvalue weighted by Gasteiger charge is -1.96. The molecule has 1 aromatic carbocycles. The van der Waals surface area contributed by atoms with E-state index in [9.17, 15) is 10.1 Å². The lowest BCUT2D eigenvalue weighted by molar-refractivity contribution is -0.384. The van der Waals surface area contributed by atoms with Gasteiger partial charge in [-0.1, -0.05) is 5.16 Å². The Labute approximate surface area is 118 Å². The van der Waals surface area contributed by atoms with Crippen LogP contribution in [0.25, 0.3) is 11.1 Å². The van der Waals surface area contributed by atoms with E-state index in [2.05, 4.69) is 20.4 Å². The predicted molar refractivity (Wildman–Crippen MR) is 71.9 cm³/mol. The van der Waals surface area contributed by atoms with Crippen molar-refractivity contribution in [3.63, 3.8) is 0 Å². The first-order chi connectivity index (χ1) is 10.1. The summed E-state index contributed by atoms with van der Waals surface area (Å²) in [6, 6.07) is 4.56. The lowest BCUT2D eigenvalue weighted by Crippen LogP contribution is -2.06. The van der Waals surface area contributed by atoms with Gasteiger partial charge in [-0.3, -0.25) is 10.1 Å². The van der Waals surface area contributed by atoms with Crippen LogP contribution >= 0.6 is 0 Å². The molecule has 3 rings (SSSR count). The van der Waals surface area contributed by atoms with E-state index in [0.29, 0.717) is 41.8 Å². The molecule has 0 aliphatic carbocycles. The Bertz CT molecular complexity index is 794. The highest BCUT2D eigenvalue weighted by molar-refractivity contribution is 5.77. The smallest absolute Gasteiger partial charge is 0.295 e. The van der Waals surface area contributed by atoms with Crippen LogP contribution in [0.15, 0.2) is 27.1 Å². The number of nitrogens with zero attached hydrogens (tertiary/aromatic N) is 4. The highest BCUT2D eigenvalue weighted by Crippen LogP contribution is 2.23. The van der Waals surface area contributed by atoms with Crippen LogP contribution in [0.3, 0.4) is 0 Å². The highest BCUT2D eigenvalue weighted by Gasteiger charge is 2.11. The van der Waals surface area contributed by atoms with Gasteiger partial charge < -0.3 is 14.3 Å². The van der Waals surface area contributed by atoms with Crippen LogP contribution in [-0.2, 0) is 6.42 Å². The van der Waals surface area contributed by atoms with Crippen molar-refractivity contribution < 1.29 is 13.9 Å². The summed E-state index contributed by atoms with van der Waals surface area (Å²) in [5.74, 6) is 1.10. The molecular weight excluding hydrogens is 278 g/mol. The summed E-state index contributed by atoms with van der Waals surface area (Å²) >= 11 is 0. The number of nitrogens with one attached hydrogen (secondary N) is 1. The van der Waals surface area contributed by atoms with Gasteiger partial charge in [-0.15, -0.1) is 0 Å². The van der Waals surface area contributed by atoms with E-state index in [0.717, 1.165) is 0 Å². The van der Waals surface area contributed by atoms with Gasteiger partial charge >= 0.3 is 0 Å². The molecule has 3 aromatic rings. The monoisotopic (exact) mass is 289 g/mol. The van der Waals surface area contributed by atoms with Crippen molar-refractivity contribution >= 4 is 22.8 Å². The maximum Gasteiger partial charge on any atom is 0.295 e. The zero-order valence-corrected chi connectivity index (χ0v) is 11.1. The average Bonchev–Trinajstić information content (AvgIpc) is 3.03. The summed E-state index contributed by atoms with van der Waals surface area (Å²) in [6.07, 6.45) is 0.552. The Morgan fingerprint density at radius 3 is 2.95 bits per heavy atom. The molecule has 108 valence electrons. The Morgan fingerprint density at radius 1 is 1.38 bits per heavy atom. The molecule has 21 heavy (non-hydrogen) atoms. The molecule has 0 spiro atoms. The molecule has 0 bridgehead atoms. The number of nitro groups is 1. The van der Waals surface area contributed by atoms with Crippen molar-refractivity contribution in [3.05, 3.63) is 40.0 Å². The van der Waals surface area contributed by atoms with Gasteiger partial charge in [-0.25, -0.2) is 0 Å². The van der Waals surface area contributed by atoms with Crippen molar-refractivity contribution in [2.75, 3.05) is 11.9 Å². The number of hydrogen-bond acceptors (Lipinski definition) is 8. The number of oxazole rings is 1. The van der Waals surface area contributed by atoms with Gasteiger partial charge in [-0.05, 0) is 6.07 Å². The summed E-state index contributed by atoms with van der Waals surface area (Å²) in [5.41, 5.74) is 0.894. The van der Waals surface area contributed by atoms with Crippen LogP contribution in [0.1, 0.15) is 11.7 Å². The molecule has 0 aliphatic rings. The standard InChI is InChI=1S/C12H11N5O4/c1-7-14-11(16-21-7)4-5-13-12-15-9-6-8(17(18)19)2-3-10(9)20-12/h2-3,6H,4-5H2,1H3,(H,13,15). The molecule has 0 unspecified atom stereocenters. The van der Waals surface area contributed by atoms with E-state index in [-0.39, 0.29) is 5.69 Å². The van der Waals surface area contributed by atoms with Gasteiger partial charge in [0.1, 0.15) is 5.52 Å². The topological polar surface area (TPSA) is 120 Å². The molecule has 2 heterocycles. The van der Waals surface area contributed by atoms with Crippen LogP contribution in [0.4, 0.5) is 11.7 Å². The van der Waals surface area contributed by atoms with Crippen molar-refractivity contribution in [1.29, 1.82) is 0 Å². The van der Waals surface area contributed by atoms with Gasteiger partial charge in [0.05, 0.1) is 4.92 Å². The molecule has 0 saturated carbocycles. The average molecular weight is 289 g/mol. The fourth-order valence-electron chi connectivity index (χ4n) is 1.83. The summed E-state index contributed by atoms with van der Waals surface area (Å²) in [4.78, 5) is 18.4. The van der Waals surface area contributed by atoms with Gasteiger partial charge in [0, 0.05) is 32.0 Å². The number of benzene rings is 1. The number of fused-ring (bicyclic) bond motifs is 1. The number of non-ortho nitro benzene ring substituents is 1. The second-order valence-electron chi connectivity index (χ2n) is 4.33. The van der Waals surface area contributed by atoms with Crippen LogP contribution in [-0.4, -0.2) is 26.6 Å². The largest absolute Gasteiger partial charge is 0.424 e. The van der Waals surface area contributed by atoms with Gasteiger partial charge in [0.2, 0.25) is 5.89 Å². The Hall–Kier alpha value is -2.97. The molecule has 0 atom stereocenters. The normalized spacial score (nSPS) is 10.9. The van der Waals surface area contributed by atoms with Crippen LogP contribution in [0.2, 0.25) is 0 Å². The molecular formula is C12H11N5O4. The molecule has 0 radical (unpaired) electrons. The van der Waals surface area contributed by atoms with Crippen molar-refractivity contribution in [3.8, 4) is 0 Å². The third-order valence-electron chi connectivity index (χ3n) is 2.78. The summed E-state index contributed by atoms with van der Waals surface area (Å²) < 4.78 is 10.3. The van der Waals surface area contributed by atoms with E-state index >= 15 is 0 Å². The first-order valence-electron chi connectivity index (χ1n) is 6.20. The Morgan fingerprint density at radius 2 is 2.24 bits per heavy atom. The maximum absolute atomic E-state index is 10.7. The fourth-order valence-corrected chi connectivity index (χ4v) is 1.83. The molecule has 1 N–H and O–H groups in total. The van der Waals surface area contributed by atoms with Crippen molar-refractivity contribution in [1.82, 2.24) is 15.1 Å². The summed E-state index contributed by atoms with van der Waals surface area (Å²) in [5, 5.41) is 17.4. The second kappa shape index (κ2) is 5.19. The van der Waals surface area contributed by atoms with E-state index in [1.165, 1.54) is 18.2 Å². The van der Waals surface area contributed by atoms with Gasteiger partial charge in [0.15, 0.2) is 11.4 Å². The van der Waals surface area contributed by atoms with E-state index in [1.807, 2.05) is 0 Å². The predicted octanol–water partition coefficient (Wildman–Crippen LogP) is 2.08.